The summed E-state index contributed by atoms with van der Waals surface area (Å²) in [7, 11) is 2.31. The second kappa shape index (κ2) is 7.66. The third-order valence-electron chi connectivity index (χ3n) is 3.00. The first-order chi connectivity index (χ1) is 11.1. The van der Waals surface area contributed by atoms with Crippen molar-refractivity contribution in [3.63, 3.8) is 0 Å². The molecule has 1 rings (SSSR count). The minimum absolute atomic E-state index is 0.159. The van der Waals surface area contributed by atoms with Crippen LogP contribution in [0.4, 0.5) is 23.7 Å². The highest BCUT2D eigenvalue weighted by Gasteiger charge is 2.32. The first kappa shape index (κ1) is 19.3. The minimum atomic E-state index is -4.66. The molecule has 0 bridgehead atoms. The van der Waals surface area contributed by atoms with Crippen LogP contribution in [-0.4, -0.2) is 48.7 Å². The second-order valence-corrected chi connectivity index (χ2v) is 4.75. The summed E-state index contributed by atoms with van der Waals surface area (Å²) in [6.07, 6.45) is -5.00. The number of hydrogen-bond donors (Lipinski definition) is 2. The molecule has 0 aromatic heterocycles. The van der Waals surface area contributed by atoms with E-state index in [1.165, 1.54) is 7.05 Å². The number of halogens is 3. The number of aliphatic carboxylic acids is 1. The Morgan fingerprint density at radius 2 is 1.92 bits per heavy atom. The number of ether oxygens (including phenoxy) is 1. The Hall–Kier alpha value is -2.78. The molecule has 1 aromatic rings. The van der Waals surface area contributed by atoms with Gasteiger partial charge in [0.25, 0.3) is 0 Å². The molecule has 0 aliphatic rings. The fraction of sp³-hybridized carbons (Fsp3) is 0.357. The first-order valence-corrected chi connectivity index (χ1v) is 6.59. The number of urea groups is 1. The van der Waals surface area contributed by atoms with Crippen molar-refractivity contribution < 1.29 is 37.4 Å². The van der Waals surface area contributed by atoms with Gasteiger partial charge in [-0.05, 0) is 18.2 Å². The number of rotatable bonds is 5. The molecule has 0 aliphatic carbocycles. The zero-order valence-electron chi connectivity index (χ0n) is 12.8. The van der Waals surface area contributed by atoms with Crippen LogP contribution in [0, 0.1) is 0 Å². The van der Waals surface area contributed by atoms with E-state index >= 15 is 0 Å². The van der Waals surface area contributed by atoms with Gasteiger partial charge in [0, 0.05) is 13.6 Å². The molecule has 132 valence electrons. The zero-order chi connectivity index (χ0) is 18.5. The van der Waals surface area contributed by atoms with Crippen LogP contribution >= 0.6 is 0 Å². The minimum Gasteiger partial charge on any atom is -0.481 e. The predicted molar refractivity (Wildman–Crippen MR) is 76.7 cm³/mol. The van der Waals surface area contributed by atoms with E-state index in [2.05, 4.69) is 10.1 Å². The zero-order valence-corrected chi connectivity index (χ0v) is 12.8. The molecular formula is C14H15F3N2O5. The van der Waals surface area contributed by atoms with Crippen molar-refractivity contribution in [2.75, 3.05) is 26.0 Å². The molecule has 0 fully saturated rings. The Morgan fingerprint density at radius 1 is 1.29 bits per heavy atom. The van der Waals surface area contributed by atoms with Crippen LogP contribution in [0.1, 0.15) is 22.3 Å². The van der Waals surface area contributed by atoms with Gasteiger partial charge in [0.2, 0.25) is 0 Å². The Balaban J connectivity index is 3.07. The highest BCUT2D eigenvalue weighted by atomic mass is 19.4. The summed E-state index contributed by atoms with van der Waals surface area (Å²) in [5.74, 6) is -2.06. The number of hydrogen-bond acceptors (Lipinski definition) is 4. The van der Waals surface area contributed by atoms with Gasteiger partial charge in [-0.2, -0.15) is 13.2 Å². The van der Waals surface area contributed by atoms with E-state index in [4.69, 9.17) is 5.11 Å². The summed E-state index contributed by atoms with van der Waals surface area (Å²) < 4.78 is 42.8. The van der Waals surface area contributed by atoms with Crippen LogP contribution in [0.2, 0.25) is 0 Å². The molecule has 24 heavy (non-hydrogen) atoms. The molecule has 0 unspecified atom stereocenters. The van der Waals surface area contributed by atoms with E-state index in [0.29, 0.717) is 12.1 Å². The fourth-order valence-electron chi connectivity index (χ4n) is 1.69. The summed E-state index contributed by atoms with van der Waals surface area (Å²) in [5.41, 5.74) is -1.70. The average Bonchev–Trinajstić information content (AvgIpc) is 2.50. The number of nitrogens with one attached hydrogen (secondary N) is 1. The second-order valence-electron chi connectivity index (χ2n) is 4.75. The van der Waals surface area contributed by atoms with Crippen molar-refractivity contribution >= 4 is 23.7 Å². The Kier molecular flexibility index (Phi) is 6.15. The lowest BCUT2D eigenvalue weighted by molar-refractivity contribution is -0.138. The van der Waals surface area contributed by atoms with Gasteiger partial charge in [-0.3, -0.25) is 4.79 Å². The molecule has 0 saturated carbocycles. The van der Waals surface area contributed by atoms with E-state index in [1.807, 2.05) is 0 Å². The maximum absolute atomic E-state index is 12.8. The van der Waals surface area contributed by atoms with E-state index < -0.39 is 29.7 Å². The van der Waals surface area contributed by atoms with Crippen LogP contribution < -0.4 is 5.32 Å². The van der Waals surface area contributed by atoms with Crippen molar-refractivity contribution in [3.05, 3.63) is 29.3 Å². The van der Waals surface area contributed by atoms with Crippen molar-refractivity contribution in [2.24, 2.45) is 0 Å². The molecule has 0 heterocycles. The third-order valence-corrected chi connectivity index (χ3v) is 3.00. The van der Waals surface area contributed by atoms with Gasteiger partial charge in [-0.25, -0.2) is 9.59 Å². The topological polar surface area (TPSA) is 95.9 Å². The number of benzene rings is 1. The number of esters is 1. The fourth-order valence-corrected chi connectivity index (χ4v) is 1.69. The van der Waals surface area contributed by atoms with E-state index in [-0.39, 0.29) is 24.2 Å². The third kappa shape index (κ3) is 5.14. The van der Waals surface area contributed by atoms with Gasteiger partial charge in [-0.1, -0.05) is 0 Å². The SMILES string of the molecule is COC(=O)c1ccc(C(F)(F)F)cc1NC(=O)N(C)CCC(=O)O. The summed E-state index contributed by atoms with van der Waals surface area (Å²) in [4.78, 5) is 35.0. The molecule has 1 aromatic carbocycles. The van der Waals surface area contributed by atoms with Gasteiger partial charge in [0.05, 0.1) is 30.3 Å². The Labute approximate surface area is 135 Å². The van der Waals surface area contributed by atoms with Crippen molar-refractivity contribution in [2.45, 2.75) is 12.6 Å². The largest absolute Gasteiger partial charge is 0.481 e. The number of carbonyl (C=O) groups excluding carboxylic acids is 2. The van der Waals surface area contributed by atoms with Gasteiger partial charge >= 0.3 is 24.1 Å². The summed E-state index contributed by atoms with van der Waals surface area (Å²) >= 11 is 0. The number of carbonyl (C=O) groups is 3. The van der Waals surface area contributed by atoms with Crippen LogP contribution in [0.5, 0.6) is 0 Å². The summed E-state index contributed by atoms with van der Waals surface area (Å²) in [6, 6.07) is 1.33. The number of amides is 2. The van der Waals surface area contributed by atoms with Crippen molar-refractivity contribution in [3.8, 4) is 0 Å². The number of anilines is 1. The quantitative estimate of drug-likeness (QED) is 0.797. The monoisotopic (exact) mass is 348 g/mol. The number of methoxy groups -OCH3 is 1. The Morgan fingerprint density at radius 3 is 2.42 bits per heavy atom. The number of carboxylic acids is 1. The van der Waals surface area contributed by atoms with Gasteiger partial charge < -0.3 is 20.1 Å². The van der Waals surface area contributed by atoms with Gasteiger partial charge in [0.1, 0.15) is 0 Å². The standard InChI is InChI=1S/C14H15F3N2O5/c1-19(6-5-11(20)21)13(23)18-10-7-8(14(15,16)17)3-4-9(10)12(22)24-2/h3-4,7H,5-6H2,1-2H3,(H,18,23)(H,20,21). The first-order valence-electron chi connectivity index (χ1n) is 6.59. The smallest absolute Gasteiger partial charge is 0.416 e. The van der Waals surface area contributed by atoms with E-state index in [0.717, 1.165) is 18.1 Å². The van der Waals surface area contributed by atoms with E-state index in [9.17, 15) is 27.6 Å². The number of nitrogens with zero attached hydrogens (tertiary/aromatic N) is 1. The van der Waals surface area contributed by atoms with Crippen molar-refractivity contribution in [1.82, 2.24) is 4.90 Å². The lowest BCUT2D eigenvalue weighted by Crippen LogP contribution is -2.33. The maximum atomic E-state index is 12.8. The molecule has 0 radical (unpaired) electrons. The molecule has 2 amide bonds. The molecule has 0 saturated heterocycles. The lowest BCUT2D eigenvalue weighted by Gasteiger charge is -2.19. The highest BCUT2D eigenvalue weighted by molar-refractivity contribution is 6.01. The van der Waals surface area contributed by atoms with Crippen LogP contribution in [0.25, 0.3) is 0 Å². The number of alkyl halides is 3. The van der Waals surface area contributed by atoms with Crippen LogP contribution in [0.15, 0.2) is 18.2 Å². The van der Waals surface area contributed by atoms with Crippen molar-refractivity contribution in [1.29, 1.82) is 0 Å². The number of carboxylic acid groups (broad SMARTS) is 1. The van der Waals surface area contributed by atoms with Crippen LogP contribution in [-0.2, 0) is 15.7 Å². The normalized spacial score (nSPS) is 10.9. The van der Waals surface area contributed by atoms with Crippen LogP contribution in [0.3, 0.4) is 0 Å². The average molecular weight is 348 g/mol. The highest BCUT2D eigenvalue weighted by Crippen LogP contribution is 2.32. The lowest BCUT2D eigenvalue weighted by atomic mass is 10.1. The summed E-state index contributed by atoms with van der Waals surface area (Å²) in [5, 5.41) is 10.7. The molecule has 0 atom stereocenters. The Bertz CT molecular complexity index is 646. The summed E-state index contributed by atoms with van der Waals surface area (Å²) in [6.45, 7) is -0.159. The van der Waals surface area contributed by atoms with Gasteiger partial charge in [0.15, 0.2) is 0 Å². The molecule has 7 nitrogen and oxygen atoms in total. The van der Waals surface area contributed by atoms with Gasteiger partial charge in [-0.15, -0.1) is 0 Å². The molecular weight excluding hydrogens is 333 g/mol. The maximum Gasteiger partial charge on any atom is 0.416 e. The molecule has 2 N–H and O–H groups in total. The molecule has 0 aliphatic heterocycles. The molecule has 10 heteroatoms. The predicted octanol–water partition coefficient (Wildman–Crippen LogP) is 2.43. The molecule has 0 spiro atoms. The van der Waals surface area contributed by atoms with E-state index in [1.54, 1.807) is 0 Å².